The number of para-hydroxylation sites is 1. The molecule has 3 nitrogen and oxygen atoms in total. The van der Waals surface area contributed by atoms with Gasteiger partial charge in [-0.3, -0.25) is 0 Å². The van der Waals surface area contributed by atoms with Gasteiger partial charge in [-0.25, -0.2) is 0 Å². The van der Waals surface area contributed by atoms with E-state index < -0.39 is 0 Å². The molecule has 0 bridgehead atoms. The smallest absolute Gasteiger partial charge is 0.120 e. The minimum atomic E-state index is 0.215. The lowest BCUT2D eigenvalue weighted by molar-refractivity contribution is 0.175. The number of aryl methyl sites for hydroxylation is 1. The molecule has 0 aromatic heterocycles. The summed E-state index contributed by atoms with van der Waals surface area (Å²) in [5.41, 5.74) is 4.19. The predicted octanol–water partition coefficient (Wildman–Crippen LogP) is 5.92. The molecule has 156 valence electrons. The minimum Gasteiger partial charge on any atom is -0.491 e. The van der Waals surface area contributed by atoms with Crippen molar-refractivity contribution < 1.29 is 4.74 Å². The normalized spacial score (nSPS) is 20.3. The Morgan fingerprint density at radius 1 is 1.10 bits per heavy atom. The van der Waals surface area contributed by atoms with Crippen molar-refractivity contribution in [2.24, 2.45) is 5.92 Å². The first kappa shape index (κ1) is 20.7. The van der Waals surface area contributed by atoms with E-state index in [1.165, 1.54) is 66.6 Å². The molecule has 4 heteroatoms. The predicted molar refractivity (Wildman–Crippen MR) is 125 cm³/mol. The van der Waals surface area contributed by atoms with Gasteiger partial charge in [0.25, 0.3) is 0 Å². The Balaban J connectivity index is 1.27. The van der Waals surface area contributed by atoms with Gasteiger partial charge >= 0.3 is 0 Å². The summed E-state index contributed by atoms with van der Waals surface area (Å²) >= 11 is 3.74. The van der Waals surface area contributed by atoms with Crippen molar-refractivity contribution in [2.75, 3.05) is 25.0 Å². The molecule has 1 N–H and O–H groups in total. The molecule has 0 aliphatic carbocycles. The van der Waals surface area contributed by atoms with Crippen LogP contribution in [0.5, 0.6) is 5.75 Å². The Labute approximate surface area is 184 Å². The molecule has 0 radical (unpaired) electrons. The molecule has 2 aliphatic rings. The highest BCUT2D eigenvalue weighted by molar-refractivity contribution is 9.10. The average molecular weight is 457 g/mol. The van der Waals surface area contributed by atoms with Crippen LogP contribution in [-0.2, 0) is 12.8 Å². The third kappa shape index (κ3) is 5.55. The molecule has 0 amide bonds. The SMILES string of the molecule is CC(C)Oc1ccc(Br)c(CC2CCN(CC3CCc4ccccc4N3)CC2)c1. The van der Waals surface area contributed by atoms with Crippen molar-refractivity contribution in [3.05, 3.63) is 58.1 Å². The van der Waals surface area contributed by atoms with Crippen LogP contribution in [0.25, 0.3) is 0 Å². The van der Waals surface area contributed by atoms with Gasteiger partial charge in [-0.05, 0) is 100 Å². The zero-order chi connectivity index (χ0) is 20.2. The molecular formula is C25H33BrN2O. The van der Waals surface area contributed by atoms with E-state index >= 15 is 0 Å². The Hall–Kier alpha value is -1.52. The fourth-order valence-corrected chi connectivity index (χ4v) is 5.10. The van der Waals surface area contributed by atoms with Gasteiger partial charge in [0.05, 0.1) is 6.10 Å². The maximum Gasteiger partial charge on any atom is 0.120 e. The number of halogens is 1. The zero-order valence-corrected chi connectivity index (χ0v) is 19.2. The maximum atomic E-state index is 5.89. The number of piperidine rings is 1. The van der Waals surface area contributed by atoms with Gasteiger partial charge in [-0.2, -0.15) is 0 Å². The fraction of sp³-hybridized carbons (Fsp3) is 0.520. The summed E-state index contributed by atoms with van der Waals surface area (Å²) in [6.45, 7) is 7.76. The van der Waals surface area contributed by atoms with Crippen molar-refractivity contribution in [2.45, 2.75) is 58.1 Å². The lowest BCUT2D eigenvalue weighted by Gasteiger charge is -2.36. The third-order valence-corrected chi connectivity index (χ3v) is 7.00. The first-order chi connectivity index (χ1) is 14.1. The number of nitrogens with zero attached hydrogens (tertiary/aromatic N) is 1. The van der Waals surface area contributed by atoms with Crippen LogP contribution in [0.3, 0.4) is 0 Å². The van der Waals surface area contributed by atoms with Crippen LogP contribution in [0.4, 0.5) is 5.69 Å². The molecule has 1 fully saturated rings. The molecule has 4 rings (SSSR count). The van der Waals surface area contributed by atoms with Crippen LogP contribution >= 0.6 is 15.9 Å². The van der Waals surface area contributed by atoms with Gasteiger partial charge in [0.15, 0.2) is 0 Å². The highest BCUT2D eigenvalue weighted by Gasteiger charge is 2.24. The van der Waals surface area contributed by atoms with E-state index in [1.807, 2.05) is 0 Å². The number of anilines is 1. The topological polar surface area (TPSA) is 24.5 Å². The van der Waals surface area contributed by atoms with E-state index in [-0.39, 0.29) is 6.10 Å². The quantitative estimate of drug-likeness (QED) is 0.583. The van der Waals surface area contributed by atoms with Crippen LogP contribution in [0.15, 0.2) is 46.9 Å². The molecule has 29 heavy (non-hydrogen) atoms. The number of likely N-dealkylation sites (tertiary alicyclic amines) is 1. The van der Waals surface area contributed by atoms with Gasteiger partial charge in [-0.15, -0.1) is 0 Å². The molecule has 1 unspecified atom stereocenters. The average Bonchev–Trinajstić information content (AvgIpc) is 2.71. The van der Waals surface area contributed by atoms with Crippen LogP contribution in [-0.4, -0.2) is 36.7 Å². The first-order valence-corrected chi connectivity index (χ1v) is 11.9. The summed E-state index contributed by atoms with van der Waals surface area (Å²) in [6, 6.07) is 15.8. The lowest BCUT2D eigenvalue weighted by atomic mass is 9.89. The number of hydrogen-bond donors (Lipinski definition) is 1. The van der Waals surface area contributed by atoms with E-state index in [2.05, 4.69) is 82.5 Å². The lowest BCUT2D eigenvalue weighted by Crippen LogP contribution is -2.43. The summed E-state index contributed by atoms with van der Waals surface area (Å²) in [7, 11) is 0. The number of fused-ring (bicyclic) bond motifs is 1. The standard InChI is InChI=1S/C25H33BrN2O/c1-18(2)29-23-9-10-24(26)21(16-23)15-19-11-13-28(14-12-19)17-22-8-7-20-5-3-4-6-25(20)27-22/h3-6,9-10,16,18-19,22,27H,7-8,11-15,17H2,1-2H3. The summed E-state index contributed by atoms with van der Waals surface area (Å²) in [4.78, 5) is 2.66. The van der Waals surface area contributed by atoms with Crippen molar-refractivity contribution in [1.29, 1.82) is 0 Å². The second-order valence-electron chi connectivity index (χ2n) is 8.91. The van der Waals surface area contributed by atoms with E-state index in [9.17, 15) is 0 Å². The molecule has 2 heterocycles. The zero-order valence-electron chi connectivity index (χ0n) is 17.7. The van der Waals surface area contributed by atoms with E-state index in [1.54, 1.807) is 0 Å². The highest BCUT2D eigenvalue weighted by atomic mass is 79.9. The van der Waals surface area contributed by atoms with Gasteiger partial charge in [0.2, 0.25) is 0 Å². The number of ether oxygens (including phenoxy) is 1. The minimum absolute atomic E-state index is 0.215. The van der Waals surface area contributed by atoms with Crippen molar-refractivity contribution >= 4 is 21.6 Å². The molecular weight excluding hydrogens is 424 g/mol. The molecule has 2 aromatic carbocycles. The van der Waals surface area contributed by atoms with E-state index in [0.29, 0.717) is 6.04 Å². The fourth-order valence-electron chi connectivity index (χ4n) is 4.69. The molecule has 1 atom stereocenters. The second kappa shape index (κ2) is 9.53. The number of hydrogen-bond acceptors (Lipinski definition) is 3. The number of nitrogens with one attached hydrogen (secondary N) is 1. The van der Waals surface area contributed by atoms with Crippen LogP contribution in [0.1, 0.15) is 44.2 Å². The monoisotopic (exact) mass is 456 g/mol. The molecule has 0 saturated carbocycles. The number of benzene rings is 2. The molecule has 2 aliphatic heterocycles. The molecule has 0 spiro atoms. The van der Waals surface area contributed by atoms with Crippen molar-refractivity contribution in [1.82, 2.24) is 4.90 Å². The molecule has 1 saturated heterocycles. The Morgan fingerprint density at radius 3 is 2.69 bits per heavy atom. The maximum absolute atomic E-state index is 5.89. The Kier molecular flexibility index (Phi) is 6.81. The van der Waals surface area contributed by atoms with Gasteiger partial charge < -0.3 is 15.0 Å². The second-order valence-corrected chi connectivity index (χ2v) is 9.76. The summed E-state index contributed by atoms with van der Waals surface area (Å²) in [5, 5.41) is 3.76. The van der Waals surface area contributed by atoms with Crippen molar-refractivity contribution in [3.8, 4) is 5.75 Å². The largest absolute Gasteiger partial charge is 0.491 e. The summed E-state index contributed by atoms with van der Waals surface area (Å²) < 4.78 is 7.10. The van der Waals surface area contributed by atoms with Crippen LogP contribution < -0.4 is 10.1 Å². The van der Waals surface area contributed by atoms with Crippen LogP contribution in [0, 0.1) is 5.92 Å². The number of rotatable bonds is 6. The van der Waals surface area contributed by atoms with Gasteiger partial charge in [0.1, 0.15) is 5.75 Å². The Morgan fingerprint density at radius 2 is 1.90 bits per heavy atom. The van der Waals surface area contributed by atoms with E-state index in [0.717, 1.165) is 18.1 Å². The van der Waals surface area contributed by atoms with Gasteiger partial charge in [0, 0.05) is 22.7 Å². The van der Waals surface area contributed by atoms with Crippen molar-refractivity contribution in [3.63, 3.8) is 0 Å². The molecule has 2 aromatic rings. The van der Waals surface area contributed by atoms with E-state index in [4.69, 9.17) is 4.74 Å². The highest BCUT2D eigenvalue weighted by Crippen LogP contribution is 2.30. The van der Waals surface area contributed by atoms with Gasteiger partial charge in [-0.1, -0.05) is 34.1 Å². The third-order valence-electron chi connectivity index (χ3n) is 6.22. The summed E-state index contributed by atoms with van der Waals surface area (Å²) in [5.74, 6) is 1.75. The first-order valence-electron chi connectivity index (χ1n) is 11.1. The summed E-state index contributed by atoms with van der Waals surface area (Å²) in [6.07, 6.45) is 6.36. The Bertz CT molecular complexity index is 814. The van der Waals surface area contributed by atoms with Crippen LogP contribution in [0.2, 0.25) is 0 Å².